The highest BCUT2D eigenvalue weighted by molar-refractivity contribution is 9.10. The number of aromatic amines is 1. The lowest BCUT2D eigenvalue weighted by Crippen LogP contribution is -2.35. The number of halogens is 1. The monoisotopic (exact) mass is 331 g/mol. The maximum atomic E-state index is 12.0. The fourth-order valence-electron chi connectivity index (χ4n) is 2.09. The molecule has 0 saturated carbocycles. The van der Waals surface area contributed by atoms with Crippen LogP contribution in [-0.2, 0) is 6.54 Å². The van der Waals surface area contributed by atoms with E-state index in [1.54, 1.807) is 6.20 Å². The topological polar surface area (TPSA) is 67.8 Å². The Bertz CT molecular complexity index is 893. The van der Waals surface area contributed by atoms with E-state index in [9.17, 15) is 9.59 Å². The Labute approximate surface area is 122 Å². The first-order valence-corrected chi connectivity index (χ1v) is 6.77. The van der Waals surface area contributed by atoms with E-state index in [0.717, 1.165) is 21.0 Å². The molecule has 3 aromatic rings. The number of pyridine rings is 1. The maximum Gasteiger partial charge on any atom is 0.328 e. The van der Waals surface area contributed by atoms with Gasteiger partial charge in [-0.2, -0.15) is 0 Å². The molecule has 2 heterocycles. The van der Waals surface area contributed by atoms with Crippen LogP contribution in [0, 0.1) is 0 Å². The summed E-state index contributed by atoms with van der Waals surface area (Å²) in [5, 5.41) is 0.976. The molecule has 20 heavy (non-hydrogen) atoms. The van der Waals surface area contributed by atoms with Crippen LogP contribution in [0.4, 0.5) is 0 Å². The molecule has 0 spiro atoms. The number of fused-ring (bicyclic) bond motifs is 1. The molecule has 1 N–H and O–H groups in total. The van der Waals surface area contributed by atoms with Gasteiger partial charge in [-0.15, -0.1) is 0 Å². The van der Waals surface area contributed by atoms with Crippen molar-refractivity contribution in [3.63, 3.8) is 0 Å². The van der Waals surface area contributed by atoms with Crippen LogP contribution < -0.4 is 11.2 Å². The molecule has 0 bridgehead atoms. The highest BCUT2D eigenvalue weighted by atomic mass is 79.9. The van der Waals surface area contributed by atoms with E-state index in [1.807, 2.05) is 30.3 Å². The molecule has 0 radical (unpaired) electrons. The fourth-order valence-corrected chi connectivity index (χ4v) is 2.42. The van der Waals surface area contributed by atoms with Gasteiger partial charge in [0.25, 0.3) is 5.56 Å². The molecular formula is C14H10BrN3O2. The standard InChI is InChI=1S/C14H10BrN3O2/c15-11-7-17-14(20)18(13(11)19)8-10-4-1-3-9-5-2-6-16-12(9)10/h1-7H,8H2,(H,17,20). The van der Waals surface area contributed by atoms with Crippen LogP contribution >= 0.6 is 15.9 Å². The summed E-state index contributed by atoms with van der Waals surface area (Å²) in [7, 11) is 0. The van der Waals surface area contributed by atoms with Crippen molar-refractivity contribution >= 4 is 26.8 Å². The Hall–Kier alpha value is -2.21. The summed E-state index contributed by atoms with van der Waals surface area (Å²) in [5.74, 6) is 0. The third-order valence-corrected chi connectivity index (χ3v) is 3.63. The minimum absolute atomic E-state index is 0.182. The average Bonchev–Trinajstić information content (AvgIpc) is 2.48. The van der Waals surface area contributed by atoms with E-state index in [0.29, 0.717) is 4.47 Å². The molecular weight excluding hydrogens is 322 g/mol. The Kier molecular flexibility index (Phi) is 3.23. The van der Waals surface area contributed by atoms with Crippen molar-refractivity contribution in [2.75, 3.05) is 0 Å². The van der Waals surface area contributed by atoms with Crippen LogP contribution in [0.2, 0.25) is 0 Å². The van der Waals surface area contributed by atoms with Crippen molar-refractivity contribution in [2.45, 2.75) is 6.54 Å². The molecule has 0 aliphatic carbocycles. The van der Waals surface area contributed by atoms with Gasteiger partial charge in [0.1, 0.15) is 0 Å². The van der Waals surface area contributed by atoms with Gasteiger partial charge >= 0.3 is 5.69 Å². The van der Waals surface area contributed by atoms with Crippen molar-refractivity contribution in [2.24, 2.45) is 0 Å². The van der Waals surface area contributed by atoms with Crippen molar-refractivity contribution in [1.29, 1.82) is 0 Å². The normalized spacial score (nSPS) is 10.8. The molecule has 5 nitrogen and oxygen atoms in total. The van der Waals surface area contributed by atoms with Crippen molar-refractivity contribution < 1.29 is 0 Å². The lowest BCUT2D eigenvalue weighted by atomic mass is 10.1. The van der Waals surface area contributed by atoms with Gasteiger partial charge in [0, 0.05) is 17.8 Å². The lowest BCUT2D eigenvalue weighted by Gasteiger charge is -2.07. The van der Waals surface area contributed by atoms with Gasteiger partial charge < -0.3 is 4.98 Å². The SMILES string of the molecule is O=c1[nH]cc(Br)c(=O)n1Cc1cccc2cccnc12. The zero-order valence-corrected chi connectivity index (χ0v) is 11.9. The maximum absolute atomic E-state index is 12.0. The second-order valence-corrected chi connectivity index (χ2v) is 5.18. The number of aromatic nitrogens is 3. The predicted octanol–water partition coefficient (Wildman–Crippen LogP) is 1.90. The molecule has 3 rings (SSSR count). The third kappa shape index (κ3) is 2.18. The Morgan fingerprint density at radius 3 is 2.85 bits per heavy atom. The number of benzene rings is 1. The second-order valence-electron chi connectivity index (χ2n) is 4.33. The Morgan fingerprint density at radius 1 is 1.20 bits per heavy atom. The summed E-state index contributed by atoms with van der Waals surface area (Å²) in [6, 6.07) is 9.49. The van der Waals surface area contributed by atoms with Crippen molar-refractivity contribution in [1.82, 2.24) is 14.5 Å². The van der Waals surface area contributed by atoms with E-state index >= 15 is 0 Å². The van der Waals surface area contributed by atoms with Gasteiger partial charge in [-0.1, -0.05) is 24.3 Å². The summed E-state index contributed by atoms with van der Waals surface area (Å²) >= 11 is 3.12. The van der Waals surface area contributed by atoms with Crippen LogP contribution in [-0.4, -0.2) is 14.5 Å². The van der Waals surface area contributed by atoms with Crippen LogP contribution in [0.1, 0.15) is 5.56 Å². The van der Waals surface area contributed by atoms with Crippen LogP contribution in [0.15, 0.2) is 56.8 Å². The largest absolute Gasteiger partial charge is 0.328 e. The van der Waals surface area contributed by atoms with Gasteiger partial charge in [-0.05, 0) is 27.6 Å². The Morgan fingerprint density at radius 2 is 2.00 bits per heavy atom. The van der Waals surface area contributed by atoms with Gasteiger partial charge in [-0.25, -0.2) is 4.79 Å². The highest BCUT2D eigenvalue weighted by Crippen LogP contribution is 2.16. The molecule has 0 amide bonds. The molecule has 0 saturated heterocycles. The number of H-pyrrole nitrogens is 1. The summed E-state index contributed by atoms with van der Waals surface area (Å²) in [4.78, 5) is 30.6. The molecule has 0 aliphatic heterocycles. The first-order chi connectivity index (χ1) is 9.66. The zero-order valence-electron chi connectivity index (χ0n) is 10.3. The molecule has 0 fully saturated rings. The quantitative estimate of drug-likeness (QED) is 0.779. The predicted molar refractivity (Wildman–Crippen MR) is 79.9 cm³/mol. The second kappa shape index (κ2) is 5.05. The third-order valence-electron chi connectivity index (χ3n) is 3.06. The summed E-state index contributed by atoms with van der Waals surface area (Å²) in [6.07, 6.45) is 3.04. The van der Waals surface area contributed by atoms with Crippen LogP contribution in [0.3, 0.4) is 0 Å². The number of para-hydroxylation sites is 1. The molecule has 0 atom stereocenters. The van der Waals surface area contributed by atoms with Crippen molar-refractivity contribution in [3.8, 4) is 0 Å². The van der Waals surface area contributed by atoms with Gasteiger partial charge in [-0.3, -0.25) is 14.3 Å². The van der Waals surface area contributed by atoms with Crippen molar-refractivity contribution in [3.05, 3.63) is 73.6 Å². The number of nitrogens with zero attached hydrogens (tertiary/aromatic N) is 2. The summed E-state index contributed by atoms with van der Waals surface area (Å²) in [5.41, 5.74) is 0.822. The Balaban J connectivity index is 2.18. The number of rotatable bonds is 2. The summed E-state index contributed by atoms with van der Waals surface area (Å²) < 4.78 is 1.47. The fraction of sp³-hybridized carbons (Fsp3) is 0.0714. The number of hydrogen-bond donors (Lipinski definition) is 1. The molecule has 0 aliphatic rings. The first-order valence-electron chi connectivity index (χ1n) is 5.97. The highest BCUT2D eigenvalue weighted by Gasteiger charge is 2.08. The number of nitrogens with one attached hydrogen (secondary N) is 1. The minimum atomic E-state index is -0.439. The minimum Gasteiger partial charge on any atom is -0.313 e. The molecule has 100 valence electrons. The lowest BCUT2D eigenvalue weighted by molar-refractivity contribution is 0.696. The number of hydrogen-bond acceptors (Lipinski definition) is 3. The van der Waals surface area contributed by atoms with E-state index in [1.165, 1.54) is 6.20 Å². The first kappa shape index (κ1) is 12.8. The van der Waals surface area contributed by atoms with E-state index < -0.39 is 5.69 Å². The van der Waals surface area contributed by atoms with E-state index in [-0.39, 0.29) is 12.1 Å². The molecule has 0 unspecified atom stereocenters. The molecule has 1 aromatic carbocycles. The molecule has 6 heteroatoms. The van der Waals surface area contributed by atoms with Crippen LogP contribution in [0.5, 0.6) is 0 Å². The summed E-state index contributed by atoms with van der Waals surface area (Å²) in [6.45, 7) is 0.182. The van der Waals surface area contributed by atoms with Gasteiger partial charge in [0.15, 0.2) is 0 Å². The van der Waals surface area contributed by atoms with E-state index in [2.05, 4.69) is 25.9 Å². The average molecular weight is 332 g/mol. The van der Waals surface area contributed by atoms with E-state index in [4.69, 9.17) is 0 Å². The zero-order chi connectivity index (χ0) is 14.1. The van der Waals surface area contributed by atoms with Gasteiger partial charge in [0.2, 0.25) is 0 Å². The van der Waals surface area contributed by atoms with Gasteiger partial charge in [0.05, 0.1) is 16.5 Å². The smallest absolute Gasteiger partial charge is 0.313 e. The van der Waals surface area contributed by atoms with Crippen LogP contribution in [0.25, 0.3) is 10.9 Å². The molecule has 2 aromatic heterocycles.